The van der Waals surface area contributed by atoms with E-state index in [1.54, 1.807) is 24.3 Å². The molecule has 0 atom stereocenters. The van der Waals surface area contributed by atoms with Crippen molar-refractivity contribution in [3.8, 4) is 23.3 Å². The van der Waals surface area contributed by atoms with Crippen molar-refractivity contribution in [2.75, 3.05) is 0 Å². The number of pyridine rings is 1. The summed E-state index contributed by atoms with van der Waals surface area (Å²) >= 11 is 0. The Morgan fingerprint density at radius 1 is 1.19 bits per heavy atom. The molecule has 1 aromatic carbocycles. The molecule has 2 aromatic rings. The van der Waals surface area contributed by atoms with Crippen LogP contribution in [0.4, 0.5) is 0 Å². The van der Waals surface area contributed by atoms with E-state index in [0.717, 1.165) is 0 Å². The summed E-state index contributed by atoms with van der Waals surface area (Å²) in [7, 11) is 0. The molecular weight excluding hydrogens is 204 g/mol. The van der Waals surface area contributed by atoms with E-state index in [4.69, 9.17) is 15.1 Å². The minimum Gasteiger partial charge on any atom is -0.508 e. The van der Waals surface area contributed by atoms with E-state index >= 15 is 0 Å². The first kappa shape index (κ1) is 9.99. The van der Waals surface area contributed by atoms with E-state index < -0.39 is 0 Å². The molecule has 0 saturated carbocycles. The first-order chi connectivity index (χ1) is 7.79. The molecule has 78 valence electrons. The monoisotopic (exact) mass is 212 g/mol. The molecule has 1 N–H and O–H groups in total. The van der Waals surface area contributed by atoms with Crippen molar-refractivity contribution in [3.63, 3.8) is 0 Å². The Morgan fingerprint density at radius 2 is 1.94 bits per heavy atom. The van der Waals surface area contributed by atoms with Crippen LogP contribution in [0.25, 0.3) is 0 Å². The molecule has 0 aliphatic carbocycles. The highest BCUT2D eigenvalue weighted by atomic mass is 16.5. The van der Waals surface area contributed by atoms with Crippen LogP contribution in [0.15, 0.2) is 42.6 Å². The molecule has 1 heterocycles. The zero-order chi connectivity index (χ0) is 11.4. The summed E-state index contributed by atoms with van der Waals surface area (Å²) in [5.41, 5.74) is 0.232. The van der Waals surface area contributed by atoms with Gasteiger partial charge in [0.1, 0.15) is 17.6 Å². The van der Waals surface area contributed by atoms with Crippen LogP contribution in [0.5, 0.6) is 17.2 Å². The summed E-state index contributed by atoms with van der Waals surface area (Å²) in [5, 5.41) is 17.9. The fourth-order valence-electron chi connectivity index (χ4n) is 1.20. The standard InChI is InChI=1S/C12H8N2O2/c13-8-11-12(2-1-7-14-11)16-10-5-3-9(15)4-6-10/h1-7,15H. The molecule has 0 radical (unpaired) electrons. The number of nitrogens with zero attached hydrogens (tertiary/aromatic N) is 2. The highest BCUT2D eigenvalue weighted by Crippen LogP contribution is 2.24. The van der Waals surface area contributed by atoms with Gasteiger partial charge in [-0.2, -0.15) is 5.26 Å². The lowest BCUT2D eigenvalue weighted by molar-refractivity contribution is 0.462. The van der Waals surface area contributed by atoms with E-state index in [2.05, 4.69) is 4.98 Å². The van der Waals surface area contributed by atoms with Crippen molar-refractivity contribution >= 4 is 0 Å². The van der Waals surface area contributed by atoms with Gasteiger partial charge in [-0.05, 0) is 36.4 Å². The molecule has 0 aliphatic heterocycles. The number of benzene rings is 1. The van der Waals surface area contributed by atoms with Gasteiger partial charge >= 0.3 is 0 Å². The Labute approximate surface area is 92.4 Å². The normalized spacial score (nSPS) is 9.44. The molecule has 0 aliphatic rings. The van der Waals surface area contributed by atoms with Crippen LogP contribution in [-0.4, -0.2) is 10.1 Å². The van der Waals surface area contributed by atoms with Crippen LogP contribution in [0.1, 0.15) is 5.69 Å². The zero-order valence-corrected chi connectivity index (χ0v) is 8.29. The zero-order valence-electron chi connectivity index (χ0n) is 8.29. The van der Waals surface area contributed by atoms with Crippen molar-refractivity contribution in [2.45, 2.75) is 0 Å². The molecule has 1 aromatic heterocycles. The Kier molecular flexibility index (Phi) is 2.70. The van der Waals surface area contributed by atoms with Gasteiger partial charge in [0.15, 0.2) is 11.4 Å². The highest BCUT2D eigenvalue weighted by Gasteiger charge is 2.04. The summed E-state index contributed by atoms with van der Waals surface area (Å²) in [6, 6.07) is 11.6. The Bertz CT molecular complexity index is 529. The van der Waals surface area contributed by atoms with Crippen LogP contribution >= 0.6 is 0 Å². The summed E-state index contributed by atoms with van der Waals surface area (Å²) in [6.07, 6.45) is 1.53. The SMILES string of the molecule is N#Cc1ncccc1Oc1ccc(O)cc1. The Hall–Kier alpha value is -2.54. The topological polar surface area (TPSA) is 66.1 Å². The van der Waals surface area contributed by atoms with Gasteiger partial charge in [0.2, 0.25) is 0 Å². The van der Waals surface area contributed by atoms with Gasteiger partial charge in [-0.15, -0.1) is 0 Å². The van der Waals surface area contributed by atoms with Gasteiger partial charge in [0.05, 0.1) is 0 Å². The predicted molar refractivity (Wildman–Crippen MR) is 57.1 cm³/mol. The van der Waals surface area contributed by atoms with Crippen LogP contribution in [0, 0.1) is 11.3 Å². The van der Waals surface area contributed by atoms with E-state index in [1.165, 1.54) is 18.3 Å². The largest absolute Gasteiger partial charge is 0.508 e. The number of phenols is 1. The van der Waals surface area contributed by atoms with Crippen molar-refractivity contribution in [1.82, 2.24) is 4.98 Å². The van der Waals surface area contributed by atoms with E-state index in [-0.39, 0.29) is 11.4 Å². The number of ether oxygens (including phenoxy) is 1. The third-order valence-electron chi connectivity index (χ3n) is 1.94. The number of hydrogen-bond donors (Lipinski definition) is 1. The molecule has 0 spiro atoms. The van der Waals surface area contributed by atoms with Gasteiger partial charge in [-0.1, -0.05) is 0 Å². The van der Waals surface area contributed by atoms with Crippen LogP contribution in [0.3, 0.4) is 0 Å². The molecule has 0 amide bonds. The second kappa shape index (κ2) is 4.32. The Balaban J connectivity index is 2.27. The molecule has 0 saturated heterocycles. The lowest BCUT2D eigenvalue weighted by Gasteiger charge is -2.05. The van der Waals surface area contributed by atoms with Crippen LogP contribution in [-0.2, 0) is 0 Å². The minimum absolute atomic E-state index is 0.166. The van der Waals surface area contributed by atoms with Gasteiger partial charge in [-0.3, -0.25) is 0 Å². The maximum Gasteiger partial charge on any atom is 0.183 e. The lowest BCUT2D eigenvalue weighted by Crippen LogP contribution is -1.90. The van der Waals surface area contributed by atoms with E-state index in [9.17, 15) is 0 Å². The molecule has 0 bridgehead atoms. The summed E-state index contributed by atoms with van der Waals surface area (Å²) in [5.74, 6) is 1.11. The van der Waals surface area contributed by atoms with Gasteiger partial charge in [0, 0.05) is 6.20 Å². The smallest absolute Gasteiger partial charge is 0.183 e. The first-order valence-corrected chi connectivity index (χ1v) is 4.61. The average molecular weight is 212 g/mol. The quantitative estimate of drug-likeness (QED) is 0.830. The molecule has 4 nitrogen and oxygen atoms in total. The van der Waals surface area contributed by atoms with Crippen molar-refractivity contribution in [2.24, 2.45) is 0 Å². The summed E-state index contributed by atoms with van der Waals surface area (Å²) < 4.78 is 5.46. The number of phenolic OH excluding ortho intramolecular Hbond substituents is 1. The highest BCUT2D eigenvalue weighted by molar-refractivity contribution is 5.41. The minimum atomic E-state index is 0.166. The second-order valence-electron chi connectivity index (χ2n) is 3.06. The van der Waals surface area contributed by atoms with Crippen LogP contribution < -0.4 is 4.74 Å². The first-order valence-electron chi connectivity index (χ1n) is 4.61. The lowest BCUT2D eigenvalue weighted by atomic mass is 10.3. The van der Waals surface area contributed by atoms with E-state index in [0.29, 0.717) is 11.5 Å². The number of nitriles is 1. The van der Waals surface area contributed by atoms with Crippen molar-refractivity contribution in [3.05, 3.63) is 48.3 Å². The third kappa shape index (κ3) is 2.10. The number of rotatable bonds is 2. The summed E-state index contributed by atoms with van der Waals surface area (Å²) in [6.45, 7) is 0. The van der Waals surface area contributed by atoms with Gasteiger partial charge in [0.25, 0.3) is 0 Å². The summed E-state index contributed by atoms with van der Waals surface area (Å²) in [4.78, 5) is 3.88. The Morgan fingerprint density at radius 3 is 2.62 bits per heavy atom. The van der Waals surface area contributed by atoms with Gasteiger partial charge in [-0.25, -0.2) is 4.98 Å². The number of aromatic nitrogens is 1. The van der Waals surface area contributed by atoms with Crippen molar-refractivity contribution in [1.29, 1.82) is 5.26 Å². The second-order valence-corrected chi connectivity index (χ2v) is 3.06. The maximum atomic E-state index is 9.10. The molecular formula is C12H8N2O2. The van der Waals surface area contributed by atoms with Crippen LogP contribution in [0.2, 0.25) is 0 Å². The van der Waals surface area contributed by atoms with Crippen molar-refractivity contribution < 1.29 is 9.84 Å². The molecule has 2 rings (SSSR count). The predicted octanol–water partition coefficient (Wildman–Crippen LogP) is 2.45. The molecule has 4 heteroatoms. The average Bonchev–Trinajstić information content (AvgIpc) is 2.33. The maximum absolute atomic E-state index is 9.10. The molecule has 0 unspecified atom stereocenters. The fourth-order valence-corrected chi connectivity index (χ4v) is 1.20. The molecule has 0 fully saturated rings. The van der Waals surface area contributed by atoms with Gasteiger partial charge < -0.3 is 9.84 Å². The third-order valence-corrected chi connectivity index (χ3v) is 1.94. The molecule has 16 heavy (non-hydrogen) atoms. The number of aromatic hydroxyl groups is 1. The van der Waals surface area contributed by atoms with E-state index in [1.807, 2.05) is 6.07 Å². The number of hydrogen-bond acceptors (Lipinski definition) is 4. The fraction of sp³-hybridized carbons (Fsp3) is 0.